The van der Waals surface area contributed by atoms with Crippen molar-refractivity contribution in [1.82, 2.24) is 9.88 Å². The van der Waals surface area contributed by atoms with Crippen molar-refractivity contribution in [2.75, 3.05) is 7.05 Å². The number of amides is 1. The molecule has 142 valence electrons. The minimum atomic E-state index is -4.38. The zero-order chi connectivity index (χ0) is 20.1. The Morgan fingerprint density at radius 2 is 1.61 bits per heavy atom. The maximum absolute atomic E-state index is 12.9. The van der Waals surface area contributed by atoms with Crippen molar-refractivity contribution in [1.29, 1.82) is 0 Å². The molecule has 1 aromatic heterocycles. The highest BCUT2D eigenvalue weighted by atomic mass is 19.4. The van der Waals surface area contributed by atoms with E-state index in [1.807, 2.05) is 41.8 Å². The third-order valence-electron chi connectivity index (χ3n) is 4.86. The first kappa shape index (κ1) is 18.1. The molecule has 0 spiro atoms. The number of carbonyl (C=O) groups is 1. The normalized spacial score (nSPS) is 11.9. The van der Waals surface area contributed by atoms with E-state index in [1.54, 1.807) is 13.1 Å². The summed E-state index contributed by atoms with van der Waals surface area (Å²) >= 11 is 0. The second kappa shape index (κ2) is 6.41. The highest BCUT2D eigenvalue weighted by Gasteiger charge is 2.30. The summed E-state index contributed by atoms with van der Waals surface area (Å²) in [6.07, 6.45) is -4.38. The lowest BCUT2D eigenvalue weighted by atomic mass is 10.1. The Labute approximate surface area is 159 Å². The van der Waals surface area contributed by atoms with Crippen LogP contribution in [0.25, 0.3) is 27.5 Å². The van der Waals surface area contributed by atoms with Gasteiger partial charge in [-0.05, 0) is 61.0 Å². The molecule has 4 rings (SSSR count). The minimum Gasteiger partial charge on any atom is -0.355 e. The Kier molecular flexibility index (Phi) is 4.14. The van der Waals surface area contributed by atoms with E-state index in [0.29, 0.717) is 11.3 Å². The van der Waals surface area contributed by atoms with Crippen LogP contribution in [0.2, 0.25) is 0 Å². The summed E-state index contributed by atoms with van der Waals surface area (Å²) in [5.41, 5.74) is 3.22. The molecular formula is C22H17F3N2O. The van der Waals surface area contributed by atoms with Crippen molar-refractivity contribution in [3.63, 3.8) is 0 Å². The molecule has 0 unspecified atom stereocenters. The molecule has 6 heteroatoms. The standard InChI is InChI=1S/C22H17F3N2O/c1-13-3-9-17-18-12-14(21(28)26-2)4-10-19(18)27(20(17)11-13)16-7-5-15(6-8-16)22(23,24)25/h3-12H,1-2H3,(H,26,28). The van der Waals surface area contributed by atoms with E-state index in [4.69, 9.17) is 0 Å². The van der Waals surface area contributed by atoms with Crippen molar-refractivity contribution >= 4 is 27.7 Å². The Morgan fingerprint density at radius 1 is 0.893 bits per heavy atom. The van der Waals surface area contributed by atoms with Crippen molar-refractivity contribution < 1.29 is 18.0 Å². The van der Waals surface area contributed by atoms with Crippen LogP contribution in [-0.2, 0) is 6.18 Å². The first-order valence-corrected chi connectivity index (χ1v) is 8.74. The fourth-order valence-corrected chi connectivity index (χ4v) is 3.49. The zero-order valence-electron chi connectivity index (χ0n) is 15.3. The van der Waals surface area contributed by atoms with E-state index in [1.165, 1.54) is 12.1 Å². The molecule has 3 aromatic carbocycles. The molecule has 0 saturated carbocycles. The van der Waals surface area contributed by atoms with Gasteiger partial charge in [-0.25, -0.2) is 0 Å². The van der Waals surface area contributed by atoms with Gasteiger partial charge in [-0.3, -0.25) is 4.79 Å². The number of alkyl halides is 3. The molecule has 0 radical (unpaired) electrons. The maximum Gasteiger partial charge on any atom is 0.416 e. The maximum atomic E-state index is 12.9. The Morgan fingerprint density at radius 3 is 2.25 bits per heavy atom. The number of carbonyl (C=O) groups excluding carboxylic acids is 1. The van der Waals surface area contributed by atoms with E-state index in [9.17, 15) is 18.0 Å². The lowest BCUT2D eigenvalue weighted by molar-refractivity contribution is -0.137. The molecule has 1 N–H and O–H groups in total. The number of rotatable bonds is 2. The van der Waals surface area contributed by atoms with Gasteiger partial charge in [0.1, 0.15) is 0 Å². The molecule has 0 aliphatic heterocycles. The van der Waals surface area contributed by atoms with E-state index in [0.717, 1.165) is 39.5 Å². The first-order chi connectivity index (χ1) is 13.3. The quantitative estimate of drug-likeness (QED) is 0.490. The van der Waals surface area contributed by atoms with E-state index < -0.39 is 11.7 Å². The topological polar surface area (TPSA) is 34.0 Å². The van der Waals surface area contributed by atoms with Crippen LogP contribution in [0.3, 0.4) is 0 Å². The first-order valence-electron chi connectivity index (χ1n) is 8.74. The van der Waals surface area contributed by atoms with E-state index in [2.05, 4.69) is 5.32 Å². The number of halogens is 3. The van der Waals surface area contributed by atoms with Crippen LogP contribution in [0, 0.1) is 6.92 Å². The fraction of sp³-hybridized carbons (Fsp3) is 0.136. The molecule has 0 aliphatic carbocycles. The van der Waals surface area contributed by atoms with Crippen LogP contribution in [0.4, 0.5) is 13.2 Å². The second-order valence-corrected chi connectivity index (χ2v) is 6.71. The van der Waals surface area contributed by atoms with Gasteiger partial charge in [0.05, 0.1) is 16.6 Å². The number of hydrogen-bond acceptors (Lipinski definition) is 1. The molecule has 1 heterocycles. The lowest BCUT2D eigenvalue weighted by Gasteiger charge is -2.11. The van der Waals surface area contributed by atoms with Gasteiger partial charge in [0.2, 0.25) is 0 Å². The number of aryl methyl sites for hydroxylation is 1. The fourth-order valence-electron chi connectivity index (χ4n) is 3.49. The highest BCUT2D eigenvalue weighted by Crippen LogP contribution is 2.35. The predicted molar refractivity (Wildman–Crippen MR) is 104 cm³/mol. The van der Waals surface area contributed by atoms with Crippen molar-refractivity contribution in [2.24, 2.45) is 0 Å². The third-order valence-corrected chi connectivity index (χ3v) is 4.86. The number of benzene rings is 3. The summed E-state index contributed by atoms with van der Waals surface area (Å²) in [7, 11) is 1.57. The molecule has 0 atom stereocenters. The van der Waals surface area contributed by atoms with Crippen LogP contribution >= 0.6 is 0 Å². The van der Waals surface area contributed by atoms with Crippen molar-refractivity contribution in [2.45, 2.75) is 13.1 Å². The van der Waals surface area contributed by atoms with Gasteiger partial charge >= 0.3 is 6.18 Å². The van der Waals surface area contributed by atoms with Crippen LogP contribution < -0.4 is 5.32 Å². The average Bonchev–Trinajstić information content (AvgIpc) is 2.99. The Balaban J connectivity index is 2.01. The molecular weight excluding hydrogens is 365 g/mol. The summed E-state index contributed by atoms with van der Waals surface area (Å²) in [4.78, 5) is 12.0. The second-order valence-electron chi connectivity index (χ2n) is 6.71. The van der Waals surface area contributed by atoms with Gasteiger partial charge in [-0.15, -0.1) is 0 Å². The third kappa shape index (κ3) is 2.91. The van der Waals surface area contributed by atoms with Crippen molar-refractivity contribution in [3.8, 4) is 5.69 Å². The zero-order valence-corrected chi connectivity index (χ0v) is 15.3. The molecule has 1 amide bonds. The predicted octanol–water partition coefficient (Wildman–Crippen LogP) is 5.47. The Bertz CT molecular complexity index is 1200. The van der Waals surface area contributed by atoms with Crippen LogP contribution in [0.1, 0.15) is 21.5 Å². The van der Waals surface area contributed by atoms with Gasteiger partial charge in [0, 0.05) is 29.1 Å². The monoisotopic (exact) mass is 382 g/mol. The van der Waals surface area contributed by atoms with Gasteiger partial charge in [0.25, 0.3) is 5.91 Å². The number of fused-ring (bicyclic) bond motifs is 3. The lowest BCUT2D eigenvalue weighted by Crippen LogP contribution is -2.17. The summed E-state index contributed by atoms with van der Waals surface area (Å²) in [5, 5.41) is 4.42. The van der Waals surface area contributed by atoms with Crippen LogP contribution in [0.5, 0.6) is 0 Å². The van der Waals surface area contributed by atoms with Gasteiger partial charge in [0.15, 0.2) is 0 Å². The summed E-state index contributed by atoms with van der Waals surface area (Å²) in [6.45, 7) is 1.96. The number of nitrogens with one attached hydrogen (secondary N) is 1. The minimum absolute atomic E-state index is 0.190. The van der Waals surface area contributed by atoms with Gasteiger partial charge in [-0.2, -0.15) is 13.2 Å². The largest absolute Gasteiger partial charge is 0.416 e. The molecule has 0 fully saturated rings. The average molecular weight is 382 g/mol. The van der Waals surface area contributed by atoms with Crippen molar-refractivity contribution in [3.05, 3.63) is 77.4 Å². The summed E-state index contributed by atoms with van der Waals surface area (Å²) < 4.78 is 40.7. The number of nitrogens with zero attached hydrogens (tertiary/aromatic N) is 1. The molecule has 28 heavy (non-hydrogen) atoms. The molecule has 0 aliphatic rings. The van der Waals surface area contributed by atoms with Gasteiger partial charge < -0.3 is 9.88 Å². The molecule has 0 saturated heterocycles. The molecule has 0 bridgehead atoms. The van der Waals surface area contributed by atoms with Crippen LogP contribution in [0.15, 0.2) is 60.7 Å². The SMILES string of the molecule is CNC(=O)c1ccc2c(c1)c1ccc(C)cc1n2-c1ccc(C(F)(F)F)cc1. The summed E-state index contributed by atoms with van der Waals surface area (Å²) in [6, 6.07) is 16.4. The number of aromatic nitrogens is 1. The van der Waals surface area contributed by atoms with Crippen LogP contribution in [-0.4, -0.2) is 17.5 Å². The molecule has 3 nitrogen and oxygen atoms in total. The number of hydrogen-bond donors (Lipinski definition) is 1. The summed E-state index contributed by atoms with van der Waals surface area (Å²) in [5.74, 6) is -0.190. The smallest absolute Gasteiger partial charge is 0.355 e. The highest BCUT2D eigenvalue weighted by molar-refractivity contribution is 6.11. The van der Waals surface area contributed by atoms with E-state index >= 15 is 0 Å². The Hall–Kier alpha value is -3.28. The molecule has 4 aromatic rings. The van der Waals surface area contributed by atoms with Gasteiger partial charge in [-0.1, -0.05) is 12.1 Å². The van der Waals surface area contributed by atoms with E-state index in [-0.39, 0.29) is 5.91 Å².